The van der Waals surface area contributed by atoms with E-state index in [2.05, 4.69) is 5.32 Å². The molecule has 7 heteroatoms. The van der Waals surface area contributed by atoms with Crippen LogP contribution in [0.15, 0.2) is 18.2 Å². The van der Waals surface area contributed by atoms with Crippen LogP contribution in [0.4, 0.5) is 5.69 Å². The first-order chi connectivity index (χ1) is 10.5. The zero-order chi connectivity index (χ0) is 16.1. The summed E-state index contributed by atoms with van der Waals surface area (Å²) in [5.41, 5.74) is 0.517. The maximum Gasteiger partial charge on any atom is 0.309 e. The average Bonchev–Trinajstić information content (AvgIpc) is 2.52. The van der Waals surface area contributed by atoms with Crippen molar-refractivity contribution in [3.8, 4) is 0 Å². The van der Waals surface area contributed by atoms with Gasteiger partial charge in [0, 0.05) is 12.8 Å². The molecule has 0 radical (unpaired) electrons. The summed E-state index contributed by atoms with van der Waals surface area (Å²) in [6.45, 7) is 1.89. The van der Waals surface area contributed by atoms with Crippen LogP contribution in [0.2, 0.25) is 10.0 Å². The van der Waals surface area contributed by atoms with Crippen molar-refractivity contribution in [1.82, 2.24) is 0 Å². The van der Waals surface area contributed by atoms with Gasteiger partial charge in [-0.05, 0) is 12.1 Å². The van der Waals surface area contributed by atoms with Crippen molar-refractivity contribution in [3.63, 3.8) is 0 Å². The first-order valence-corrected chi connectivity index (χ1v) is 7.92. The number of halogens is 2. The third-order valence-corrected chi connectivity index (χ3v) is 4.68. The van der Waals surface area contributed by atoms with E-state index in [1.807, 2.05) is 0 Å². The van der Waals surface area contributed by atoms with Crippen LogP contribution in [0.3, 0.4) is 0 Å². The maximum absolute atomic E-state index is 12.1. The second-order valence-electron chi connectivity index (χ2n) is 5.37. The number of benzene rings is 1. The molecule has 120 valence electrons. The lowest BCUT2D eigenvalue weighted by molar-refractivity contribution is -0.897. The Balaban J connectivity index is 1.83. The third-order valence-electron chi connectivity index (χ3n) is 3.86. The molecule has 1 aromatic carbocycles. The number of quaternary nitrogens is 1. The Labute approximate surface area is 139 Å². The van der Waals surface area contributed by atoms with Gasteiger partial charge in [0.2, 0.25) is 0 Å². The van der Waals surface area contributed by atoms with Gasteiger partial charge >= 0.3 is 5.97 Å². The van der Waals surface area contributed by atoms with Crippen molar-refractivity contribution >= 4 is 40.8 Å². The number of amides is 1. The summed E-state index contributed by atoms with van der Waals surface area (Å²) in [6.07, 6.45) is 1.49. The summed E-state index contributed by atoms with van der Waals surface area (Å²) >= 11 is 12.0. The second kappa shape index (κ2) is 7.81. The number of esters is 1. The number of rotatable bonds is 4. The molecule has 1 amide bonds. The normalized spacial score (nSPS) is 21.2. The van der Waals surface area contributed by atoms with Crippen molar-refractivity contribution in [1.29, 1.82) is 0 Å². The molecule has 1 aromatic rings. The fraction of sp³-hybridized carbons (Fsp3) is 0.467. The molecule has 1 aliphatic heterocycles. The Morgan fingerprint density at radius 1 is 1.32 bits per heavy atom. The molecule has 5 nitrogen and oxygen atoms in total. The van der Waals surface area contributed by atoms with Crippen LogP contribution in [-0.4, -0.2) is 38.6 Å². The van der Waals surface area contributed by atoms with Crippen LogP contribution >= 0.6 is 23.2 Å². The minimum absolute atomic E-state index is 0.0424. The molecule has 2 rings (SSSR count). The van der Waals surface area contributed by atoms with E-state index in [0.29, 0.717) is 22.3 Å². The predicted molar refractivity (Wildman–Crippen MR) is 85.4 cm³/mol. The van der Waals surface area contributed by atoms with Gasteiger partial charge in [0.25, 0.3) is 5.91 Å². The number of likely N-dealkylation sites (tertiary alicyclic amines) is 1. The zero-order valence-electron chi connectivity index (χ0n) is 12.3. The maximum atomic E-state index is 12.1. The highest BCUT2D eigenvalue weighted by Gasteiger charge is 2.29. The molecule has 0 aromatic heterocycles. The lowest BCUT2D eigenvalue weighted by Crippen LogP contribution is -3.14. The Morgan fingerprint density at radius 3 is 2.64 bits per heavy atom. The fourth-order valence-corrected chi connectivity index (χ4v) is 2.97. The smallest absolute Gasteiger partial charge is 0.309 e. The number of carbonyl (C=O) groups excluding carboxylic acids is 2. The third kappa shape index (κ3) is 4.35. The topological polar surface area (TPSA) is 59.8 Å². The molecule has 0 saturated carbocycles. The van der Waals surface area contributed by atoms with Gasteiger partial charge in [0.1, 0.15) is 0 Å². The van der Waals surface area contributed by atoms with E-state index in [0.717, 1.165) is 30.8 Å². The van der Waals surface area contributed by atoms with E-state index in [9.17, 15) is 9.59 Å². The van der Waals surface area contributed by atoms with Crippen molar-refractivity contribution in [2.75, 3.05) is 32.1 Å². The molecule has 0 aliphatic carbocycles. The van der Waals surface area contributed by atoms with E-state index >= 15 is 0 Å². The van der Waals surface area contributed by atoms with Crippen LogP contribution in [0.5, 0.6) is 0 Å². The molecule has 22 heavy (non-hydrogen) atoms. The highest BCUT2D eigenvalue weighted by Crippen LogP contribution is 2.29. The van der Waals surface area contributed by atoms with E-state index in [1.165, 1.54) is 7.11 Å². The molecule has 1 aliphatic rings. The van der Waals surface area contributed by atoms with Crippen LogP contribution in [0, 0.1) is 5.92 Å². The van der Waals surface area contributed by atoms with E-state index < -0.39 is 0 Å². The summed E-state index contributed by atoms with van der Waals surface area (Å²) in [5.74, 6) is -0.316. The van der Waals surface area contributed by atoms with Gasteiger partial charge in [-0.2, -0.15) is 0 Å². The Morgan fingerprint density at radius 2 is 2.00 bits per heavy atom. The lowest BCUT2D eigenvalue weighted by atomic mass is 9.97. The number of hydrogen-bond donors (Lipinski definition) is 2. The molecular weight excluding hydrogens is 327 g/mol. The number of piperidine rings is 1. The molecule has 0 spiro atoms. The monoisotopic (exact) mass is 345 g/mol. The van der Waals surface area contributed by atoms with Crippen LogP contribution in [0.25, 0.3) is 0 Å². The summed E-state index contributed by atoms with van der Waals surface area (Å²) in [6, 6.07) is 5.12. The van der Waals surface area contributed by atoms with E-state index in [1.54, 1.807) is 18.2 Å². The molecule has 0 bridgehead atoms. The number of ether oxygens (including phenoxy) is 1. The van der Waals surface area contributed by atoms with Crippen molar-refractivity contribution < 1.29 is 19.2 Å². The number of anilines is 1. The van der Waals surface area contributed by atoms with Crippen molar-refractivity contribution in [2.45, 2.75) is 12.8 Å². The average molecular weight is 346 g/mol. The zero-order valence-corrected chi connectivity index (χ0v) is 13.8. The van der Waals surface area contributed by atoms with Crippen molar-refractivity contribution in [3.05, 3.63) is 28.2 Å². The molecule has 1 saturated heterocycles. The largest absolute Gasteiger partial charge is 0.469 e. The summed E-state index contributed by atoms with van der Waals surface area (Å²) in [5, 5.41) is 3.53. The molecule has 1 fully saturated rings. The van der Waals surface area contributed by atoms with Crippen LogP contribution in [0.1, 0.15) is 12.8 Å². The summed E-state index contributed by atoms with van der Waals surface area (Å²) in [4.78, 5) is 24.7. The van der Waals surface area contributed by atoms with Gasteiger partial charge in [-0.1, -0.05) is 29.3 Å². The molecule has 1 heterocycles. The molecule has 2 N–H and O–H groups in total. The fourth-order valence-electron chi connectivity index (χ4n) is 2.63. The van der Waals surface area contributed by atoms with Gasteiger partial charge in [-0.3, -0.25) is 9.59 Å². The number of carbonyl (C=O) groups is 2. The lowest BCUT2D eigenvalue weighted by Gasteiger charge is -2.27. The van der Waals surface area contributed by atoms with Gasteiger partial charge < -0.3 is 15.0 Å². The van der Waals surface area contributed by atoms with Crippen LogP contribution < -0.4 is 10.2 Å². The number of methoxy groups -OCH3 is 1. The van der Waals surface area contributed by atoms with Crippen molar-refractivity contribution in [2.24, 2.45) is 5.92 Å². The number of nitrogens with one attached hydrogen (secondary N) is 2. The Kier molecular flexibility index (Phi) is 6.06. The first kappa shape index (κ1) is 17.1. The van der Waals surface area contributed by atoms with E-state index in [4.69, 9.17) is 27.9 Å². The minimum Gasteiger partial charge on any atom is -0.469 e. The molecular formula is C15H19Cl2N2O3+. The van der Waals surface area contributed by atoms with Gasteiger partial charge in [0.15, 0.2) is 6.54 Å². The second-order valence-corrected chi connectivity index (χ2v) is 6.16. The first-order valence-electron chi connectivity index (χ1n) is 7.16. The highest BCUT2D eigenvalue weighted by molar-refractivity contribution is 6.43. The molecule has 0 atom stereocenters. The Hall–Kier alpha value is -1.30. The predicted octanol–water partition coefficient (Wildman–Crippen LogP) is 1.40. The Bertz CT molecular complexity index is 558. The summed E-state index contributed by atoms with van der Waals surface area (Å²) in [7, 11) is 1.41. The standard InChI is InChI=1S/C15H18Cl2N2O3/c1-22-15(21)10-5-7-19(8-6-10)9-13(20)18-12-4-2-3-11(16)14(12)17/h2-4,10H,5-9H2,1H3,(H,18,20)/p+1. The quantitative estimate of drug-likeness (QED) is 0.811. The van der Waals surface area contributed by atoms with Crippen LogP contribution in [-0.2, 0) is 14.3 Å². The number of hydrogen-bond acceptors (Lipinski definition) is 3. The minimum atomic E-state index is -0.158. The van der Waals surface area contributed by atoms with Gasteiger partial charge in [-0.15, -0.1) is 0 Å². The summed E-state index contributed by atoms with van der Waals surface area (Å²) < 4.78 is 4.75. The van der Waals surface area contributed by atoms with Gasteiger partial charge in [-0.25, -0.2) is 0 Å². The molecule has 0 unspecified atom stereocenters. The highest BCUT2D eigenvalue weighted by atomic mass is 35.5. The SMILES string of the molecule is COC(=O)C1CC[NH+](CC(=O)Nc2cccc(Cl)c2Cl)CC1. The van der Waals surface area contributed by atoms with E-state index in [-0.39, 0.29) is 17.8 Å². The van der Waals surface area contributed by atoms with Gasteiger partial charge in [0.05, 0.1) is 41.8 Å².